The highest BCUT2D eigenvalue weighted by molar-refractivity contribution is 7.03. The van der Waals surface area contributed by atoms with E-state index in [1.807, 2.05) is 41.8 Å². The van der Waals surface area contributed by atoms with Crippen LogP contribution in [0, 0.1) is 0 Å². The Hall–Kier alpha value is -3.79. The van der Waals surface area contributed by atoms with E-state index in [-0.39, 0.29) is 24.3 Å². The topological polar surface area (TPSA) is 95.9 Å². The van der Waals surface area contributed by atoms with Crippen LogP contribution >= 0.6 is 11.5 Å². The number of nitrogens with zero attached hydrogens (tertiary/aromatic N) is 5. The number of likely N-dealkylation sites (N-methyl/N-ethyl adjacent to an activating group) is 1. The number of hydrogen-bond acceptors (Lipinski definition) is 7. The molecule has 2 aliphatic rings. The molecule has 3 amide bonds. The van der Waals surface area contributed by atoms with E-state index in [1.165, 1.54) is 21.3 Å². The molecule has 0 unspecified atom stereocenters. The van der Waals surface area contributed by atoms with Gasteiger partial charge in [0.2, 0.25) is 5.91 Å². The average molecular weight is 478 g/mol. The molecule has 0 aliphatic carbocycles. The van der Waals surface area contributed by atoms with Gasteiger partial charge in [0, 0.05) is 55.8 Å². The minimum absolute atomic E-state index is 0.0339. The van der Waals surface area contributed by atoms with Crippen LogP contribution in [0.15, 0.2) is 47.8 Å². The van der Waals surface area contributed by atoms with Gasteiger partial charge < -0.3 is 19.4 Å². The van der Waals surface area contributed by atoms with Crippen LogP contribution in [-0.4, -0.2) is 70.4 Å². The molecule has 1 aromatic heterocycles. The van der Waals surface area contributed by atoms with Crippen molar-refractivity contribution >= 4 is 34.9 Å². The van der Waals surface area contributed by atoms with Crippen LogP contribution in [-0.2, 0) is 16.1 Å². The second-order valence-electron chi connectivity index (χ2n) is 8.49. The predicted molar refractivity (Wildman–Crippen MR) is 127 cm³/mol. The number of carbonyl (C=O) groups is 3. The first-order valence-corrected chi connectivity index (χ1v) is 11.7. The Balaban J connectivity index is 1.26. The highest BCUT2D eigenvalue weighted by Gasteiger charge is 2.36. The summed E-state index contributed by atoms with van der Waals surface area (Å²) in [5, 5.41) is 5.92. The normalized spacial score (nSPS) is 17.3. The van der Waals surface area contributed by atoms with Gasteiger partial charge in [0.25, 0.3) is 11.8 Å². The third-order valence-electron chi connectivity index (χ3n) is 6.05. The van der Waals surface area contributed by atoms with Crippen molar-refractivity contribution in [2.75, 3.05) is 32.1 Å². The average Bonchev–Trinajstić information content (AvgIpc) is 3.56. The fourth-order valence-electron chi connectivity index (χ4n) is 4.13. The van der Waals surface area contributed by atoms with E-state index in [0.717, 1.165) is 16.8 Å². The molecule has 0 saturated carbocycles. The number of benzene rings is 2. The predicted octanol–water partition coefficient (Wildman–Crippen LogP) is 2.43. The largest absolute Gasteiger partial charge is 0.481 e. The molecule has 174 valence electrons. The zero-order valence-electron chi connectivity index (χ0n) is 18.8. The van der Waals surface area contributed by atoms with E-state index in [0.29, 0.717) is 36.5 Å². The molecule has 2 aliphatic heterocycles. The molecule has 1 atom stereocenters. The number of fused-ring (bicyclic) bond motifs is 1. The van der Waals surface area contributed by atoms with Gasteiger partial charge in [0.05, 0.1) is 0 Å². The molecule has 1 saturated heterocycles. The van der Waals surface area contributed by atoms with Crippen LogP contribution in [0.2, 0.25) is 0 Å². The molecule has 1 fully saturated rings. The number of rotatable bonds is 6. The molecule has 10 heteroatoms. The molecule has 0 N–H and O–H groups in total. The first kappa shape index (κ1) is 22.0. The smallest absolute Gasteiger partial charge is 0.268 e. The van der Waals surface area contributed by atoms with Crippen molar-refractivity contribution in [2.45, 2.75) is 19.1 Å². The van der Waals surface area contributed by atoms with Crippen LogP contribution in [0.25, 0.3) is 11.3 Å². The molecule has 0 bridgehead atoms. The molecule has 34 heavy (non-hydrogen) atoms. The third kappa shape index (κ3) is 4.12. The fourth-order valence-corrected chi connectivity index (χ4v) is 4.59. The lowest BCUT2D eigenvalue weighted by molar-refractivity contribution is -0.129. The van der Waals surface area contributed by atoms with E-state index in [9.17, 15) is 14.4 Å². The number of amides is 3. The van der Waals surface area contributed by atoms with Crippen molar-refractivity contribution in [3.05, 3.63) is 59.0 Å². The Kier molecular flexibility index (Phi) is 5.74. The lowest BCUT2D eigenvalue weighted by Crippen LogP contribution is -2.36. The van der Waals surface area contributed by atoms with Crippen molar-refractivity contribution in [1.82, 2.24) is 19.4 Å². The summed E-state index contributed by atoms with van der Waals surface area (Å²) in [6.45, 7) is 0.925. The quantitative estimate of drug-likeness (QED) is 0.541. The van der Waals surface area contributed by atoms with Gasteiger partial charge in [-0.05, 0) is 53.5 Å². The summed E-state index contributed by atoms with van der Waals surface area (Å²) in [6.07, 6.45) is -0.0459. The zero-order valence-corrected chi connectivity index (χ0v) is 19.6. The van der Waals surface area contributed by atoms with Crippen molar-refractivity contribution in [3.63, 3.8) is 0 Å². The Morgan fingerprint density at radius 1 is 1.18 bits per heavy atom. The number of anilines is 1. The minimum Gasteiger partial charge on any atom is -0.481 e. The first-order chi connectivity index (χ1) is 16.4. The number of carbonyl (C=O) groups excluding carboxylic acids is 3. The number of aromatic nitrogens is 2. The van der Waals surface area contributed by atoms with Crippen molar-refractivity contribution in [3.8, 4) is 17.0 Å². The van der Waals surface area contributed by atoms with Gasteiger partial charge in [-0.1, -0.05) is 10.6 Å². The maximum Gasteiger partial charge on any atom is 0.268 e. The van der Waals surface area contributed by atoms with E-state index < -0.39 is 6.10 Å². The van der Waals surface area contributed by atoms with Gasteiger partial charge in [-0.15, -0.1) is 5.10 Å². The second kappa shape index (κ2) is 8.86. The molecule has 3 heterocycles. The number of hydrogen-bond donors (Lipinski definition) is 0. The van der Waals surface area contributed by atoms with Crippen LogP contribution < -0.4 is 9.64 Å². The van der Waals surface area contributed by atoms with Crippen molar-refractivity contribution in [2.24, 2.45) is 0 Å². The van der Waals surface area contributed by atoms with Crippen molar-refractivity contribution in [1.29, 1.82) is 0 Å². The van der Waals surface area contributed by atoms with E-state index in [1.54, 1.807) is 25.1 Å². The summed E-state index contributed by atoms with van der Waals surface area (Å²) in [7, 11) is 3.33. The molecule has 9 nitrogen and oxygen atoms in total. The Labute approximate surface area is 200 Å². The summed E-state index contributed by atoms with van der Waals surface area (Å²) in [4.78, 5) is 42.6. The van der Waals surface area contributed by atoms with Crippen molar-refractivity contribution < 1.29 is 19.1 Å². The summed E-state index contributed by atoms with van der Waals surface area (Å²) in [6, 6.07) is 12.9. The standard InChI is InChI=1S/C24H23N5O4S/c1-27(2)22(30)13-28-12-16-3-6-17(11-19(16)23(28)31)29-10-9-21(24(29)32)33-18-7-4-15(5-8-18)20-14-34-26-25-20/h3-8,11,14,21H,9-10,12-13H2,1-2H3/t21-/m1/s1. The molecular weight excluding hydrogens is 454 g/mol. The van der Waals surface area contributed by atoms with Gasteiger partial charge in [-0.25, -0.2) is 0 Å². The van der Waals surface area contributed by atoms with E-state index in [2.05, 4.69) is 9.59 Å². The fraction of sp³-hybridized carbons (Fsp3) is 0.292. The molecule has 0 spiro atoms. The summed E-state index contributed by atoms with van der Waals surface area (Å²) in [5.41, 5.74) is 3.79. The summed E-state index contributed by atoms with van der Waals surface area (Å²) >= 11 is 1.29. The van der Waals surface area contributed by atoms with E-state index >= 15 is 0 Å². The second-order valence-corrected chi connectivity index (χ2v) is 9.10. The lowest BCUT2D eigenvalue weighted by atomic mass is 10.1. The van der Waals surface area contributed by atoms with Gasteiger partial charge >= 0.3 is 0 Å². The van der Waals surface area contributed by atoms with Gasteiger partial charge in [0.1, 0.15) is 18.0 Å². The van der Waals surface area contributed by atoms with Crippen LogP contribution in [0.1, 0.15) is 22.3 Å². The van der Waals surface area contributed by atoms with Gasteiger partial charge in [-0.2, -0.15) is 0 Å². The highest BCUT2D eigenvalue weighted by atomic mass is 32.1. The minimum atomic E-state index is -0.593. The highest BCUT2D eigenvalue weighted by Crippen LogP contribution is 2.31. The third-order valence-corrected chi connectivity index (χ3v) is 6.56. The first-order valence-electron chi connectivity index (χ1n) is 10.9. The van der Waals surface area contributed by atoms with E-state index in [4.69, 9.17) is 4.74 Å². The lowest BCUT2D eigenvalue weighted by Gasteiger charge is -2.18. The maximum absolute atomic E-state index is 13.1. The molecular formula is C24H23N5O4S. The molecule has 0 radical (unpaired) electrons. The Morgan fingerprint density at radius 2 is 1.97 bits per heavy atom. The zero-order chi connectivity index (χ0) is 23.8. The SMILES string of the molecule is CN(C)C(=O)CN1Cc2ccc(N3CC[C@@H](Oc4ccc(-c5csnn5)cc4)C3=O)cc2C1=O. The maximum atomic E-state index is 13.1. The molecule has 2 aromatic carbocycles. The van der Waals surface area contributed by atoms with Gasteiger partial charge in [0.15, 0.2) is 6.10 Å². The molecule has 3 aromatic rings. The molecule has 5 rings (SSSR count). The number of ether oxygens (including phenoxy) is 1. The summed E-state index contributed by atoms with van der Waals surface area (Å²) < 4.78 is 9.84. The van der Waals surface area contributed by atoms with Crippen LogP contribution in [0.5, 0.6) is 5.75 Å². The Bertz CT molecular complexity index is 1240. The van der Waals surface area contributed by atoms with Crippen LogP contribution in [0.3, 0.4) is 0 Å². The van der Waals surface area contributed by atoms with Gasteiger partial charge in [-0.3, -0.25) is 14.4 Å². The Morgan fingerprint density at radius 3 is 2.68 bits per heavy atom. The van der Waals surface area contributed by atoms with Crippen LogP contribution in [0.4, 0.5) is 5.69 Å². The summed E-state index contributed by atoms with van der Waals surface area (Å²) in [5.74, 6) is 0.143. The monoisotopic (exact) mass is 477 g/mol.